The van der Waals surface area contributed by atoms with E-state index in [0.29, 0.717) is 12.2 Å². The van der Waals surface area contributed by atoms with Crippen molar-refractivity contribution in [3.8, 4) is 11.8 Å². The average Bonchev–Trinajstić information content (AvgIpc) is 2.41. The summed E-state index contributed by atoms with van der Waals surface area (Å²) < 4.78 is 6.99. The van der Waals surface area contributed by atoms with Gasteiger partial charge in [0.15, 0.2) is 0 Å². The molecule has 0 aromatic heterocycles. The maximum Gasteiger partial charge on any atom is 0.140 e. The van der Waals surface area contributed by atoms with Crippen molar-refractivity contribution in [3.05, 3.63) is 29.3 Å². The lowest BCUT2D eigenvalue weighted by molar-refractivity contribution is -0.914. The van der Waals surface area contributed by atoms with Crippen LogP contribution in [0.1, 0.15) is 30.4 Å². The molecule has 1 aliphatic heterocycles. The van der Waals surface area contributed by atoms with E-state index in [0.717, 1.165) is 22.3 Å². The van der Waals surface area contributed by atoms with Crippen LogP contribution >= 0.6 is 0 Å². The predicted octanol–water partition coefficient (Wildman–Crippen LogP) is 2.88. The van der Waals surface area contributed by atoms with Gasteiger partial charge in [0.2, 0.25) is 0 Å². The van der Waals surface area contributed by atoms with Gasteiger partial charge in [-0.3, -0.25) is 0 Å². The van der Waals surface area contributed by atoms with Crippen LogP contribution in [0.4, 0.5) is 0 Å². The first-order valence-corrected chi connectivity index (χ1v) is 7.11. The first kappa shape index (κ1) is 13.9. The second kappa shape index (κ2) is 6.08. The molecule has 0 atom stereocenters. The van der Waals surface area contributed by atoms with E-state index >= 15 is 0 Å². The first-order chi connectivity index (χ1) is 9.14. The van der Waals surface area contributed by atoms with Crippen molar-refractivity contribution in [2.75, 3.05) is 33.3 Å². The van der Waals surface area contributed by atoms with Crippen molar-refractivity contribution in [2.45, 2.75) is 26.2 Å². The largest absolute Gasteiger partial charge is 0.486 e. The average molecular weight is 259 g/mol. The summed E-state index contributed by atoms with van der Waals surface area (Å²) in [5.74, 6) is 0.758. The molecule has 1 saturated heterocycles. The molecule has 1 aliphatic rings. The van der Waals surface area contributed by atoms with E-state index in [4.69, 9.17) is 10.00 Å². The molecule has 1 fully saturated rings. The Labute approximate surface area is 116 Å². The van der Waals surface area contributed by atoms with Crippen molar-refractivity contribution >= 4 is 0 Å². The van der Waals surface area contributed by atoms with Gasteiger partial charge in [0.1, 0.15) is 25.0 Å². The van der Waals surface area contributed by atoms with Gasteiger partial charge in [-0.1, -0.05) is 12.1 Å². The van der Waals surface area contributed by atoms with Crippen LogP contribution in [-0.4, -0.2) is 37.8 Å². The molecule has 19 heavy (non-hydrogen) atoms. The van der Waals surface area contributed by atoms with Gasteiger partial charge in [-0.05, 0) is 37.8 Å². The van der Waals surface area contributed by atoms with E-state index in [1.54, 1.807) is 0 Å². The SMILES string of the molecule is Cc1cccc(C#N)c1OCC[N+]1(C)CCCCC1. The number of quaternary nitrogens is 1. The molecule has 102 valence electrons. The molecule has 1 aromatic rings. The van der Waals surface area contributed by atoms with Crippen molar-refractivity contribution in [1.29, 1.82) is 5.26 Å². The summed E-state index contributed by atoms with van der Waals surface area (Å²) in [5.41, 5.74) is 1.68. The number of para-hydroxylation sites is 1. The molecule has 0 bridgehead atoms. The summed E-state index contributed by atoms with van der Waals surface area (Å²) in [7, 11) is 2.31. The molecule has 1 aromatic carbocycles. The molecule has 0 amide bonds. The van der Waals surface area contributed by atoms with Gasteiger partial charge in [-0.2, -0.15) is 5.26 Å². The summed E-state index contributed by atoms with van der Waals surface area (Å²) >= 11 is 0. The van der Waals surface area contributed by atoms with E-state index in [1.807, 2.05) is 25.1 Å². The minimum absolute atomic E-state index is 0.640. The predicted molar refractivity (Wildman–Crippen MR) is 76.0 cm³/mol. The van der Waals surface area contributed by atoms with E-state index in [9.17, 15) is 0 Å². The fourth-order valence-corrected chi connectivity index (χ4v) is 2.80. The molecule has 0 unspecified atom stereocenters. The van der Waals surface area contributed by atoms with Gasteiger partial charge < -0.3 is 9.22 Å². The standard InChI is InChI=1S/C16H23N2O/c1-14-7-6-8-15(13-17)16(14)19-12-11-18(2)9-4-3-5-10-18/h6-8H,3-5,9-12H2,1-2H3/q+1. The normalized spacial score (nSPS) is 17.7. The van der Waals surface area contributed by atoms with Gasteiger partial charge in [0, 0.05) is 0 Å². The number of benzene rings is 1. The van der Waals surface area contributed by atoms with Gasteiger partial charge in [0.25, 0.3) is 0 Å². The van der Waals surface area contributed by atoms with Crippen LogP contribution < -0.4 is 4.74 Å². The summed E-state index contributed by atoms with van der Waals surface area (Å²) in [6.07, 6.45) is 4.01. The summed E-state index contributed by atoms with van der Waals surface area (Å²) in [6.45, 7) is 6.22. The quantitative estimate of drug-likeness (QED) is 0.779. The van der Waals surface area contributed by atoms with E-state index in [-0.39, 0.29) is 0 Å². The van der Waals surface area contributed by atoms with Crippen LogP contribution in [0.25, 0.3) is 0 Å². The maximum absolute atomic E-state index is 9.11. The highest BCUT2D eigenvalue weighted by atomic mass is 16.5. The van der Waals surface area contributed by atoms with Gasteiger partial charge in [-0.25, -0.2) is 0 Å². The lowest BCUT2D eigenvalue weighted by Crippen LogP contribution is -2.50. The van der Waals surface area contributed by atoms with Crippen LogP contribution in [0.15, 0.2) is 18.2 Å². The Balaban J connectivity index is 1.94. The summed E-state index contributed by atoms with van der Waals surface area (Å²) in [5, 5.41) is 9.11. The highest BCUT2D eigenvalue weighted by molar-refractivity contribution is 5.47. The third-order valence-corrected chi connectivity index (χ3v) is 4.11. The summed E-state index contributed by atoms with van der Waals surface area (Å²) in [6, 6.07) is 7.92. The second-order valence-electron chi connectivity index (χ2n) is 5.76. The lowest BCUT2D eigenvalue weighted by Gasteiger charge is -2.37. The Morgan fingerprint density at radius 3 is 2.68 bits per heavy atom. The van der Waals surface area contributed by atoms with Crippen LogP contribution in [0.3, 0.4) is 0 Å². The number of nitrogens with zero attached hydrogens (tertiary/aromatic N) is 2. The Hall–Kier alpha value is -1.53. The van der Waals surface area contributed by atoms with Gasteiger partial charge >= 0.3 is 0 Å². The zero-order chi connectivity index (χ0) is 13.7. The van der Waals surface area contributed by atoms with Crippen LogP contribution in [0.2, 0.25) is 0 Å². The number of hydrogen-bond donors (Lipinski definition) is 0. The summed E-state index contributed by atoms with van der Waals surface area (Å²) in [4.78, 5) is 0. The second-order valence-corrected chi connectivity index (χ2v) is 5.76. The van der Waals surface area contributed by atoms with Gasteiger partial charge in [-0.15, -0.1) is 0 Å². The van der Waals surface area contributed by atoms with E-state index in [2.05, 4.69) is 13.1 Å². The number of piperidine rings is 1. The number of likely N-dealkylation sites (tertiary alicyclic amines) is 1. The van der Waals surface area contributed by atoms with Crippen molar-refractivity contribution < 1.29 is 9.22 Å². The fraction of sp³-hybridized carbons (Fsp3) is 0.562. The molecule has 0 radical (unpaired) electrons. The van der Waals surface area contributed by atoms with Crippen molar-refractivity contribution in [1.82, 2.24) is 0 Å². The monoisotopic (exact) mass is 259 g/mol. The molecule has 1 heterocycles. The van der Waals surface area contributed by atoms with Crippen molar-refractivity contribution in [3.63, 3.8) is 0 Å². The highest BCUT2D eigenvalue weighted by Crippen LogP contribution is 2.23. The van der Waals surface area contributed by atoms with E-state index < -0.39 is 0 Å². The molecule has 2 rings (SSSR count). The number of likely N-dealkylation sites (N-methyl/N-ethyl adjacent to an activating group) is 1. The molecule has 0 aliphatic carbocycles. The van der Waals surface area contributed by atoms with Crippen molar-refractivity contribution in [2.24, 2.45) is 0 Å². The van der Waals surface area contributed by atoms with Crippen LogP contribution in [-0.2, 0) is 0 Å². The Kier molecular flexibility index (Phi) is 4.44. The third kappa shape index (κ3) is 3.48. The molecule has 0 N–H and O–H groups in total. The Bertz CT molecular complexity index is 470. The molecular formula is C16H23N2O+. The smallest absolute Gasteiger partial charge is 0.140 e. The number of nitriles is 1. The minimum Gasteiger partial charge on any atom is -0.486 e. The Morgan fingerprint density at radius 1 is 1.26 bits per heavy atom. The molecule has 0 spiro atoms. The van der Waals surface area contributed by atoms with Gasteiger partial charge in [0.05, 0.1) is 25.7 Å². The number of ether oxygens (including phenoxy) is 1. The maximum atomic E-state index is 9.11. The molecule has 0 saturated carbocycles. The third-order valence-electron chi connectivity index (χ3n) is 4.11. The van der Waals surface area contributed by atoms with E-state index in [1.165, 1.54) is 32.4 Å². The number of aryl methyl sites for hydroxylation is 1. The fourth-order valence-electron chi connectivity index (χ4n) is 2.80. The number of rotatable bonds is 4. The van der Waals surface area contributed by atoms with Crippen LogP contribution in [0, 0.1) is 18.3 Å². The van der Waals surface area contributed by atoms with Crippen LogP contribution in [0.5, 0.6) is 5.75 Å². The Morgan fingerprint density at radius 2 is 2.00 bits per heavy atom. The molecule has 3 heteroatoms. The lowest BCUT2D eigenvalue weighted by atomic mass is 10.1. The zero-order valence-electron chi connectivity index (χ0n) is 12.0. The molecular weight excluding hydrogens is 236 g/mol. The minimum atomic E-state index is 0.640. The molecule has 3 nitrogen and oxygen atoms in total. The highest BCUT2D eigenvalue weighted by Gasteiger charge is 2.24. The zero-order valence-corrected chi connectivity index (χ0v) is 12.0. The topological polar surface area (TPSA) is 33.0 Å². The number of hydrogen-bond acceptors (Lipinski definition) is 2. The first-order valence-electron chi connectivity index (χ1n) is 7.11.